The summed E-state index contributed by atoms with van der Waals surface area (Å²) in [7, 11) is 0. The van der Waals surface area contributed by atoms with Crippen LogP contribution in [-0.2, 0) is 9.53 Å². The molecule has 5 heterocycles. The molecule has 2 aliphatic rings. The zero-order chi connectivity index (χ0) is 20.9. The molecule has 11 nitrogen and oxygen atoms in total. The number of aromatic nitrogens is 5. The van der Waals surface area contributed by atoms with Gasteiger partial charge in [0.15, 0.2) is 5.65 Å². The van der Waals surface area contributed by atoms with Crippen molar-refractivity contribution in [2.75, 3.05) is 37.7 Å². The Hall–Kier alpha value is -3.60. The summed E-state index contributed by atoms with van der Waals surface area (Å²) >= 11 is 0. The second kappa shape index (κ2) is 8.82. The van der Waals surface area contributed by atoms with Gasteiger partial charge in [-0.25, -0.2) is 19.5 Å². The molecule has 0 spiro atoms. The Labute approximate surface area is 171 Å². The van der Waals surface area contributed by atoms with Crippen molar-refractivity contribution in [3.8, 4) is 0 Å². The molecule has 1 amide bonds. The first-order valence-electron chi connectivity index (χ1n) is 9.48. The number of pyridine rings is 1. The number of anilines is 1. The third-order valence-corrected chi connectivity index (χ3v) is 5.09. The van der Waals surface area contributed by atoms with E-state index in [4.69, 9.17) is 14.6 Å². The van der Waals surface area contributed by atoms with Crippen LogP contribution >= 0.6 is 0 Å². The fraction of sp³-hybridized carbons (Fsp3) is 0.368. The van der Waals surface area contributed by atoms with Crippen LogP contribution in [0.1, 0.15) is 10.5 Å². The van der Waals surface area contributed by atoms with Crippen LogP contribution in [-0.4, -0.2) is 85.8 Å². The van der Waals surface area contributed by atoms with Crippen molar-refractivity contribution < 1.29 is 19.4 Å². The molecule has 2 saturated heterocycles. The fourth-order valence-corrected chi connectivity index (χ4v) is 3.86. The first-order chi connectivity index (χ1) is 14.7. The van der Waals surface area contributed by atoms with Gasteiger partial charge < -0.3 is 19.6 Å². The minimum atomic E-state index is -0.250. The molecule has 1 N–H and O–H groups in total. The second-order valence-corrected chi connectivity index (χ2v) is 7.02. The minimum Gasteiger partial charge on any atom is -0.483 e. The maximum atomic E-state index is 13.4. The minimum absolute atomic E-state index is 0.0533. The highest BCUT2D eigenvalue weighted by molar-refractivity contribution is 5.93. The smallest absolute Gasteiger partial charge is 0.290 e. The summed E-state index contributed by atoms with van der Waals surface area (Å²) < 4.78 is 7.43. The van der Waals surface area contributed by atoms with E-state index in [0.29, 0.717) is 43.6 Å². The molecule has 3 aromatic heterocycles. The number of carboxylic acid groups (broad SMARTS) is 1. The van der Waals surface area contributed by atoms with Crippen LogP contribution in [0.25, 0.3) is 5.65 Å². The van der Waals surface area contributed by atoms with Gasteiger partial charge >= 0.3 is 0 Å². The van der Waals surface area contributed by atoms with Gasteiger partial charge in [0.1, 0.15) is 12.0 Å². The van der Waals surface area contributed by atoms with E-state index >= 15 is 0 Å². The average molecular weight is 411 g/mol. The fourth-order valence-electron chi connectivity index (χ4n) is 3.86. The van der Waals surface area contributed by atoms with Crippen LogP contribution in [0.2, 0.25) is 0 Å². The largest absolute Gasteiger partial charge is 0.483 e. The van der Waals surface area contributed by atoms with Gasteiger partial charge in [0, 0.05) is 37.9 Å². The lowest BCUT2D eigenvalue weighted by molar-refractivity contribution is -0.122. The van der Waals surface area contributed by atoms with E-state index in [1.807, 2.05) is 17.0 Å². The van der Waals surface area contributed by atoms with Crippen molar-refractivity contribution in [2.24, 2.45) is 5.92 Å². The zero-order valence-electron chi connectivity index (χ0n) is 16.1. The molecule has 2 aliphatic heterocycles. The summed E-state index contributed by atoms with van der Waals surface area (Å²) in [5, 5.41) is 11.1. The molecule has 0 aromatic carbocycles. The van der Waals surface area contributed by atoms with Gasteiger partial charge in [0.25, 0.3) is 12.4 Å². The van der Waals surface area contributed by atoms with Gasteiger partial charge in [-0.1, -0.05) is 6.07 Å². The summed E-state index contributed by atoms with van der Waals surface area (Å²) in [5.41, 5.74) is 1.18. The maximum absolute atomic E-state index is 13.4. The molecular formula is C19H21N7O4. The first kappa shape index (κ1) is 19.7. The lowest BCUT2D eigenvalue weighted by Crippen LogP contribution is -2.47. The maximum Gasteiger partial charge on any atom is 0.290 e. The Balaban J connectivity index is 0.000000687. The SMILES string of the molecule is O=C(c1cccc2ncnn12)N1C[C@H]2COC[C@@H]1CN(c1ncccn1)C2.O=CO. The molecule has 2 fully saturated rings. The molecule has 0 saturated carbocycles. The van der Waals surface area contributed by atoms with Crippen LogP contribution in [0.5, 0.6) is 0 Å². The van der Waals surface area contributed by atoms with Gasteiger partial charge in [-0.3, -0.25) is 9.59 Å². The molecule has 11 heteroatoms. The normalized spacial score (nSPS) is 20.8. The van der Waals surface area contributed by atoms with Crippen molar-refractivity contribution in [3.63, 3.8) is 0 Å². The predicted molar refractivity (Wildman–Crippen MR) is 105 cm³/mol. The third kappa shape index (κ3) is 3.92. The number of fused-ring (bicyclic) bond motifs is 4. The number of carbonyl (C=O) groups is 2. The lowest BCUT2D eigenvalue weighted by atomic mass is 10.1. The van der Waals surface area contributed by atoms with Crippen LogP contribution in [0, 0.1) is 5.92 Å². The van der Waals surface area contributed by atoms with Gasteiger partial charge in [-0.15, -0.1) is 0 Å². The summed E-state index contributed by atoms with van der Waals surface area (Å²) in [6.45, 7) is 2.91. The molecule has 0 radical (unpaired) electrons. The number of rotatable bonds is 2. The Morgan fingerprint density at radius 3 is 2.70 bits per heavy atom. The predicted octanol–water partition coefficient (Wildman–Crippen LogP) is 0.197. The van der Waals surface area contributed by atoms with Crippen molar-refractivity contribution in [2.45, 2.75) is 6.04 Å². The highest BCUT2D eigenvalue weighted by atomic mass is 16.5. The van der Waals surface area contributed by atoms with E-state index in [1.165, 1.54) is 6.33 Å². The second-order valence-electron chi connectivity index (χ2n) is 7.02. The molecule has 2 bridgehead atoms. The van der Waals surface area contributed by atoms with Gasteiger partial charge in [0.05, 0.1) is 19.3 Å². The van der Waals surface area contributed by atoms with E-state index in [-0.39, 0.29) is 24.3 Å². The highest BCUT2D eigenvalue weighted by Gasteiger charge is 2.37. The van der Waals surface area contributed by atoms with Crippen LogP contribution < -0.4 is 4.90 Å². The highest BCUT2D eigenvalue weighted by Crippen LogP contribution is 2.24. The lowest BCUT2D eigenvalue weighted by Gasteiger charge is -2.31. The van der Waals surface area contributed by atoms with E-state index in [0.717, 1.165) is 6.54 Å². The van der Waals surface area contributed by atoms with Crippen LogP contribution in [0.4, 0.5) is 5.95 Å². The summed E-state index contributed by atoms with van der Waals surface area (Å²) in [6, 6.07) is 7.19. The molecule has 2 atom stereocenters. The third-order valence-electron chi connectivity index (χ3n) is 5.09. The Morgan fingerprint density at radius 1 is 1.10 bits per heavy atom. The number of carbonyl (C=O) groups excluding carboxylic acids is 1. The number of nitrogens with zero attached hydrogens (tertiary/aromatic N) is 7. The summed E-state index contributed by atoms with van der Waals surface area (Å²) in [4.78, 5) is 38.7. The first-order valence-corrected chi connectivity index (χ1v) is 9.48. The number of ether oxygens (including phenoxy) is 1. The number of hydrogen-bond acceptors (Lipinski definition) is 8. The molecular weight excluding hydrogens is 390 g/mol. The Kier molecular flexibility index (Phi) is 5.80. The number of amides is 1. The standard InChI is InChI=1S/C18H19N7O2.CH2O2/c26-17(15-3-1-4-16-21-12-22-25(15)16)24-8-13-7-23(9-14(24)11-27-10-13)18-19-5-2-6-20-18;2-1-3/h1-6,12-14H,7-11H2;1H,(H,2,3)/t13-,14-;/m0./s1. The molecule has 0 aliphatic carbocycles. The van der Waals surface area contributed by atoms with E-state index in [2.05, 4.69) is 25.0 Å². The van der Waals surface area contributed by atoms with E-state index in [1.54, 1.807) is 29.0 Å². The molecule has 0 unspecified atom stereocenters. The van der Waals surface area contributed by atoms with E-state index in [9.17, 15) is 4.79 Å². The molecule has 5 rings (SSSR count). The Morgan fingerprint density at radius 2 is 1.90 bits per heavy atom. The van der Waals surface area contributed by atoms with Crippen molar-refractivity contribution in [1.29, 1.82) is 0 Å². The average Bonchev–Trinajstić information content (AvgIpc) is 3.05. The molecule has 156 valence electrons. The van der Waals surface area contributed by atoms with Crippen molar-refractivity contribution in [1.82, 2.24) is 29.5 Å². The Bertz CT molecular complexity index is 1010. The zero-order valence-corrected chi connectivity index (χ0v) is 16.1. The quantitative estimate of drug-likeness (QED) is 0.588. The van der Waals surface area contributed by atoms with Crippen LogP contribution in [0.15, 0.2) is 43.0 Å². The number of hydrogen-bond donors (Lipinski definition) is 1. The van der Waals surface area contributed by atoms with Crippen molar-refractivity contribution in [3.05, 3.63) is 48.7 Å². The monoisotopic (exact) mass is 411 g/mol. The molecule has 3 aromatic rings. The van der Waals surface area contributed by atoms with Crippen LogP contribution in [0.3, 0.4) is 0 Å². The van der Waals surface area contributed by atoms with Crippen molar-refractivity contribution >= 4 is 24.0 Å². The topological polar surface area (TPSA) is 126 Å². The van der Waals surface area contributed by atoms with Gasteiger partial charge in [-0.05, 0) is 18.2 Å². The summed E-state index contributed by atoms with van der Waals surface area (Å²) in [6.07, 6.45) is 4.95. The molecule has 30 heavy (non-hydrogen) atoms. The van der Waals surface area contributed by atoms with Gasteiger partial charge in [0.2, 0.25) is 5.95 Å². The van der Waals surface area contributed by atoms with Gasteiger partial charge in [-0.2, -0.15) is 5.10 Å². The van der Waals surface area contributed by atoms with E-state index < -0.39 is 0 Å². The summed E-state index contributed by atoms with van der Waals surface area (Å²) in [5.74, 6) is 0.838.